The van der Waals surface area contributed by atoms with Gasteiger partial charge in [0.15, 0.2) is 0 Å². The minimum Gasteiger partial charge on any atom is -0.352 e. The first-order valence-corrected chi connectivity index (χ1v) is 15.5. The van der Waals surface area contributed by atoms with Crippen LogP contribution in [0.2, 0.25) is 5.02 Å². The molecule has 7 nitrogen and oxygen atoms in total. The van der Waals surface area contributed by atoms with Crippen LogP contribution in [0.15, 0.2) is 72.8 Å². The van der Waals surface area contributed by atoms with Crippen molar-refractivity contribution in [3.05, 3.63) is 100 Å². The second-order valence-electron chi connectivity index (χ2n) is 10.2. The van der Waals surface area contributed by atoms with Gasteiger partial charge in [-0.3, -0.25) is 13.9 Å². The van der Waals surface area contributed by atoms with E-state index in [1.165, 1.54) is 4.90 Å². The summed E-state index contributed by atoms with van der Waals surface area (Å²) in [4.78, 5) is 29.3. The molecule has 9 heteroatoms. The van der Waals surface area contributed by atoms with Crippen LogP contribution < -0.4 is 9.62 Å². The molecule has 0 radical (unpaired) electrons. The Kier molecular flexibility index (Phi) is 10.8. The normalized spacial score (nSPS) is 12.8. The Bertz CT molecular complexity index is 1430. The minimum absolute atomic E-state index is 0.0787. The Hall–Kier alpha value is -3.36. The number of anilines is 1. The Morgan fingerprint density at radius 2 is 1.62 bits per heavy atom. The van der Waals surface area contributed by atoms with Crippen LogP contribution >= 0.6 is 11.6 Å². The van der Waals surface area contributed by atoms with Gasteiger partial charge in [0.25, 0.3) is 0 Å². The van der Waals surface area contributed by atoms with Crippen LogP contribution in [-0.2, 0) is 32.6 Å². The third-order valence-electron chi connectivity index (χ3n) is 6.81. The number of benzene rings is 3. The van der Waals surface area contributed by atoms with E-state index in [1.807, 2.05) is 76.2 Å². The van der Waals surface area contributed by atoms with E-state index in [2.05, 4.69) is 5.32 Å². The number of carbonyl (C=O) groups is 2. The molecule has 0 heterocycles. The zero-order valence-electron chi connectivity index (χ0n) is 23.7. The molecule has 0 saturated heterocycles. The molecule has 2 atom stereocenters. The number of amides is 2. The summed E-state index contributed by atoms with van der Waals surface area (Å²) in [6, 6.07) is 21.0. The van der Waals surface area contributed by atoms with Crippen molar-refractivity contribution in [2.75, 3.05) is 17.1 Å². The third kappa shape index (κ3) is 8.57. The van der Waals surface area contributed by atoms with Gasteiger partial charge >= 0.3 is 0 Å². The molecule has 0 spiro atoms. The van der Waals surface area contributed by atoms with Crippen LogP contribution in [0.3, 0.4) is 0 Å². The molecule has 0 aliphatic carbocycles. The Balaban J connectivity index is 2.08. The highest BCUT2D eigenvalue weighted by Gasteiger charge is 2.33. The fourth-order valence-corrected chi connectivity index (χ4v) is 5.63. The van der Waals surface area contributed by atoms with Gasteiger partial charge in [0.1, 0.15) is 12.6 Å². The average molecular weight is 584 g/mol. The van der Waals surface area contributed by atoms with Gasteiger partial charge in [0.05, 0.1) is 11.9 Å². The number of nitrogens with zero attached hydrogens (tertiary/aromatic N) is 2. The molecule has 3 aromatic carbocycles. The summed E-state index contributed by atoms with van der Waals surface area (Å²) in [7, 11) is -3.83. The SMILES string of the molecule is CC[C@H](C)NC(=O)[C@H](Cc1ccccc1)N(Cc1cccc(Cl)c1)C(=O)CN(c1ccc(C)cc1C)S(C)(=O)=O. The molecule has 1 N–H and O–H groups in total. The lowest BCUT2D eigenvalue weighted by Crippen LogP contribution is -2.54. The molecule has 0 unspecified atom stereocenters. The molecule has 3 rings (SSSR count). The molecule has 0 bridgehead atoms. The summed E-state index contributed by atoms with van der Waals surface area (Å²) in [5.41, 5.74) is 3.74. The Labute approximate surface area is 243 Å². The maximum atomic E-state index is 14.1. The predicted octanol–water partition coefficient (Wildman–Crippen LogP) is 5.28. The molecule has 40 heavy (non-hydrogen) atoms. The lowest BCUT2D eigenvalue weighted by atomic mass is 10.0. The molecule has 2 amide bonds. The molecule has 3 aromatic rings. The monoisotopic (exact) mass is 583 g/mol. The number of carbonyl (C=O) groups excluding carboxylic acids is 2. The molecule has 0 aromatic heterocycles. The third-order valence-corrected chi connectivity index (χ3v) is 8.18. The Morgan fingerprint density at radius 3 is 2.23 bits per heavy atom. The van der Waals surface area contributed by atoms with Crippen LogP contribution in [-0.4, -0.2) is 50.0 Å². The van der Waals surface area contributed by atoms with E-state index < -0.39 is 28.5 Å². The molecule has 0 saturated carbocycles. The van der Waals surface area contributed by atoms with E-state index in [9.17, 15) is 18.0 Å². The van der Waals surface area contributed by atoms with E-state index in [-0.39, 0.29) is 24.9 Å². The predicted molar refractivity (Wildman–Crippen MR) is 162 cm³/mol. The van der Waals surface area contributed by atoms with E-state index in [4.69, 9.17) is 11.6 Å². The van der Waals surface area contributed by atoms with Gasteiger partial charge in [0.2, 0.25) is 21.8 Å². The highest BCUT2D eigenvalue weighted by molar-refractivity contribution is 7.92. The van der Waals surface area contributed by atoms with E-state index >= 15 is 0 Å². The number of sulfonamides is 1. The van der Waals surface area contributed by atoms with Crippen molar-refractivity contribution in [2.45, 2.75) is 59.2 Å². The summed E-state index contributed by atoms with van der Waals surface area (Å²) in [5.74, 6) is -0.795. The van der Waals surface area contributed by atoms with Crippen LogP contribution in [0.5, 0.6) is 0 Å². The molecule has 0 aliphatic rings. The molecular weight excluding hydrogens is 546 g/mol. The lowest BCUT2D eigenvalue weighted by Gasteiger charge is -2.34. The zero-order valence-corrected chi connectivity index (χ0v) is 25.3. The zero-order chi connectivity index (χ0) is 29.4. The van der Waals surface area contributed by atoms with E-state index in [1.54, 1.807) is 24.3 Å². The first-order chi connectivity index (χ1) is 18.9. The number of nitrogens with one attached hydrogen (secondary N) is 1. The number of aryl methyl sites for hydroxylation is 2. The fourth-order valence-electron chi connectivity index (χ4n) is 4.51. The van der Waals surface area contributed by atoms with Crippen LogP contribution in [0.25, 0.3) is 0 Å². The summed E-state index contributed by atoms with van der Waals surface area (Å²) < 4.78 is 27.0. The second kappa shape index (κ2) is 13.8. The van der Waals surface area contributed by atoms with Gasteiger partial charge in [-0.1, -0.05) is 78.7 Å². The largest absolute Gasteiger partial charge is 0.352 e. The van der Waals surface area contributed by atoms with Gasteiger partial charge in [-0.25, -0.2) is 8.42 Å². The van der Waals surface area contributed by atoms with E-state index in [0.717, 1.165) is 39.2 Å². The number of rotatable bonds is 12. The second-order valence-corrected chi connectivity index (χ2v) is 12.6. The maximum absolute atomic E-state index is 14.1. The average Bonchev–Trinajstić information content (AvgIpc) is 2.89. The molecular formula is C31H38ClN3O4S. The number of halogens is 1. The standard InChI is InChI=1S/C31H38ClN3O4S/c1-6-24(4)33-31(37)29(19-25-11-8-7-9-12-25)34(20-26-13-10-14-27(32)18-26)30(36)21-35(40(5,38)39)28-16-15-22(2)17-23(28)3/h7-18,24,29H,6,19-21H2,1-5H3,(H,33,37)/t24-,29-/m0/s1. The minimum atomic E-state index is -3.83. The summed E-state index contributed by atoms with van der Waals surface area (Å²) in [5, 5.41) is 3.52. The fraction of sp³-hybridized carbons (Fsp3) is 0.355. The summed E-state index contributed by atoms with van der Waals surface area (Å²) >= 11 is 6.25. The molecule has 214 valence electrons. The van der Waals surface area contributed by atoms with Crippen molar-refractivity contribution in [1.82, 2.24) is 10.2 Å². The van der Waals surface area contributed by atoms with Crippen molar-refractivity contribution in [2.24, 2.45) is 0 Å². The number of hydrogen-bond acceptors (Lipinski definition) is 4. The van der Waals surface area contributed by atoms with Crippen LogP contribution in [0.1, 0.15) is 42.5 Å². The first-order valence-electron chi connectivity index (χ1n) is 13.3. The molecule has 0 fully saturated rings. The van der Waals surface area contributed by atoms with Crippen LogP contribution in [0, 0.1) is 13.8 Å². The van der Waals surface area contributed by atoms with Crippen molar-refractivity contribution in [1.29, 1.82) is 0 Å². The first kappa shape index (κ1) is 31.2. The van der Waals surface area contributed by atoms with Crippen molar-refractivity contribution >= 4 is 39.1 Å². The smallest absolute Gasteiger partial charge is 0.244 e. The van der Waals surface area contributed by atoms with Crippen molar-refractivity contribution in [3.8, 4) is 0 Å². The van der Waals surface area contributed by atoms with Gasteiger partial charge < -0.3 is 10.2 Å². The van der Waals surface area contributed by atoms with Gasteiger partial charge in [-0.15, -0.1) is 0 Å². The maximum Gasteiger partial charge on any atom is 0.244 e. The Morgan fingerprint density at radius 1 is 0.950 bits per heavy atom. The lowest BCUT2D eigenvalue weighted by molar-refractivity contribution is -0.140. The van der Waals surface area contributed by atoms with Gasteiger partial charge in [0, 0.05) is 24.0 Å². The van der Waals surface area contributed by atoms with Gasteiger partial charge in [-0.05, 0) is 62.1 Å². The summed E-state index contributed by atoms with van der Waals surface area (Å²) in [6.07, 6.45) is 2.07. The van der Waals surface area contributed by atoms with E-state index in [0.29, 0.717) is 10.7 Å². The topological polar surface area (TPSA) is 86.8 Å². The highest BCUT2D eigenvalue weighted by atomic mass is 35.5. The summed E-state index contributed by atoms with van der Waals surface area (Å²) in [6.45, 7) is 7.24. The van der Waals surface area contributed by atoms with Gasteiger partial charge in [-0.2, -0.15) is 0 Å². The van der Waals surface area contributed by atoms with Crippen LogP contribution in [0.4, 0.5) is 5.69 Å². The number of hydrogen-bond donors (Lipinski definition) is 1. The van der Waals surface area contributed by atoms with Crippen molar-refractivity contribution < 1.29 is 18.0 Å². The quantitative estimate of drug-likeness (QED) is 0.314. The molecule has 0 aliphatic heterocycles. The van der Waals surface area contributed by atoms with Crippen molar-refractivity contribution in [3.63, 3.8) is 0 Å². The highest BCUT2D eigenvalue weighted by Crippen LogP contribution is 2.25.